The minimum atomic E-state index is 0.0525. The number of aromatic nitrogens is 2. The molecule has 4 nitrogen and oxygen atoms in total. The Morgan fingerprint density at radius 1 is 1.59 bits per heavy atom. The van der Waals surface area contributed by atoms with E-state index in [0.29, 0.717) is 13.0 Å². The van der Waals surface area contributed by atoms with E-state index >= 15 is 0 Å². The summed E-state index contributed by atoms with van der Waals surface area (Å²) in [6.07, 6.45) is 4.19. The van der Waals surface area contributed by atoms with Crippen molar-refractivity contribution in [3.8, 4) is 0 Å². The van der Waals surface area contributed by atoms with Crippen LogP contribution in [0.2, 0.25) is 0 Å². The van der Waals surface area contributed by atoms with Gasteiger partial charge in [0.25, 0.3) is 0 Å². The van der Waals surface area contributed by atoms with Crippen LogP contribution in [0.4, 0.5) is 0 Å². The van der Waals surface area contributed by atoms with Gasteiger partial charge in [-0.3, -0.25) is 9.48 Å². The monoisotopic (exact) mass is 249 g/mol. The highest BCUT2D eigenvalue weighted by Crippen LogP contribution is 2.08. The van der Waals surface area contributed by atoms with Crippen molar-refractivity contribution in [2.45, 2.75) is 26.4 Å². The molecule has 0 aromatic carbocycles. The molecular weight excluding hydrogens is 234 g/mol. The maximum Gasteiger partial charge on any atom is 0.225 e. The summed E-state index contributed by atoms with van der Waals surface area (Å²) in [5, 5.41) is 9.02. The highest BCUT2D eigenvalue weighted by Gasteiger charge is 2.04. The molecule has 2 heterocycles. The van der Waals surface area contributed by atoms with E-state index in [2.05, 4.69) is 10.4 Å². The molecule has 0 saturated carbocycles. The van der Waals surface area contributed by atoms with E-state index < -0.39 is 0 Å². The zero-order valence-electron chi connectivity index (χ0n) is 9.72. The number of amides is 1. The number of rotatable bonds is 5. The van der Waals surface area contributed by atoms with E-state index in [4.69, 9.17) is 0 Å². The lowest BCUT2D eigenvalue weighted by Crippen LogP contribution is -2.23. The largest absolute Gasteiger partial charge is 0.352 e. The zero-order chi connectivity index (χ0) is 12.1. The van der Waals surface area contributed by atoms with Gasteiger partial charge in [-0.25, -0.2) is 0 Å². The summed E-state index contributed by atoms with van der Waals surface area (Å²) in [4.78, 5) is 12.7. The molecule has 2 rings (SSSR count). The third kappa shape index (κ3) is 3.42. The van der Waals surface area contributed by atoms with Gasteiger partial charge in [0.1, 0.15) is 0 Å². The van der Waals surface area contributed by atoms with Gasteiger partial charge in [0, 0.05) is 29.7 Å². The van der Waals surface area contributed by atoms with Crippen molar-refractivity contribution in [2.75, 3.05) is 0 Å². The number of nitrogens with one attached hydrogen (secondary N) is 1. The van der Waals surface area contributed by atoms with Gasteiger partial charge in [-0.15, -0.1) is 11.3 Å². The fraction of sp³-hybridized carbons (Fsp3) is 0.333. The molecule has 0 bridgehead atoms. The minimum absolute atomic E-state index is 0.0525. The molecule has 0 aliphatic carbocycles. The molecule has 5 heteroatoms. The quantitative estimate of drug-likeness (QED) is 0.878. The maximum absolute atomic E-state index is 11.6. The summed E-state index contributed by atoms with van der Waals surface area (Å²) in [6, 6.07) is 3.93. The van der Waals surface area contributed by atoms with Crippen LogP contribution in [-0.2, 0) is 24.3 Å². The van der Waals surface area contributed by atoms with Crippen molar-refractivity contribution >= 4 is 17.2 Å². The lowest BCUT2D eigenvalue weighted by molar-refractivity contribution is -0.120. The van der Waals surface area contributed by atoms with Gasteiger partial charge in [-0.2, -0.15) is 5.10 Å². The Balaban J connectivity index is 1.79. The van der Waals surface area contributed by atoms with E-state index in [1.165, 1.54) is 0 Å². The highest BCUT2D eigenvalue weighted by atomic mass is 32.1. The average molecular weight is 249 g/mol. The summed E-state index contributed by atoms with van der Waals surface area (Å²) in [5.41, 5.74) is 1.03. The van der Waals surface area contributed by atoms with Crippen LogP contribution in [0.3, 0.4) is 0 Å². The Morgan fingerprint density at radius 3 is 3.12 bits per heavy atom. The van der Waals surface area contributed by atoms with Crippen molar-refractivity contribution in [3.63, 3.8) is 0 Å². The summed E-state index contributed by atoms with van der Waals surface area (Å²) < 4.78 is 1.85. The first-order valence-electron chi connectivity index (χ1n) is 5.58. The molecule has 1 amide bonds. The third-order valence-corrected chi connectivity index (χ3v) is 3.29. The smallest absolute Gasteiger partial charge is 0.225 e. The Bertz CT molecular complexity index is 476. The summed E-state index contributed by atoms with van der Waals surface area (Å²) in [6.45, 7) is 3.43. The molecule has 2 aromatic rings. The van der Waals surface area contributed by atoms with Crippen molar-refractivity contribution in [1.82, 2.24) is 15.1 Å². The summed E-state index contributed by atoms with van der Waals surface area (Å²) in [7, 11) is 0. The molecule has 17 heavy (non-hydrogen) atoms. The van der Waals surface area contributed by atoms with Gasteiger partial charge in [0.2, 0.25) is 5.91 Å². The molecule has 90 valence electrons. The lowest BCUT2D eigenvalue weighted by atomic mass is 10.3. The summed E-state index contributed by atoms with van der Waals surface area (Å²) in [5.74, 6) is 0.0525. The van der Waals surface area contributed by atoms with E-state index in [-0.39, 0.29) is 5.91 Å². The minimum Gasteiger partial charge on any atom is -0.352 e. The normalized spacial score (nSPS) is 10.4. The highest BCUT2D eigenvalue weighted by molar-refractivity contribution is 7.10. The average Bonchev–Trinajstić information content (AvgIpc) is 2.96. The van der Waals surface area contributed by atoms with E-state index in [1.807, 2.05) is 35.3 Å². The third-order valence-electron chi connectivity index (χ3n) is 2.42. The molecule has 0 saturated heterocycles. The van der Waals surface area contributed by atoms with Gasteiger partial charge >= 0.3 is 0 Å². The Kier molecular flexibility index (Phi) is 3.93. The number of aryl methyl sites for hydroxylation is 1. The van der Waals surface area contributed by atoms with Gasteiger partial charge in [-0.1, -0.05) is 6.07 Å². The number of carbonyl (C=O) groups is 1. The van der Waals surface area contributed by atoms with Gasteiger partial charge < -0.3 is 5.32 Å². The number of hydrogen-bond acceptors (Lipinski definition) is 3. The van der Waals surface area contributed by atoms with Crippen LogP contribution in [0.25, 0.3) is 0 Å². The van der Waals surface area contributed by atoms with E-state index in [9.17, 15) is 4.79 Å². The van der Waals surface area contributed by atoms with Crippen LogP contribution in [0.1, 0.15) is 17.4 Å². The molecule has 0 aliphatic heterocycles. The van der Waals surface area contributed by atoms with Gasteiger partial charge in [0.05, 0.1) is 12.6 Å². The topological polar surface area (TPSA) is 46.9 Å². The van der Waals surface area contributed by atoms with Crippen molar-refractivity contribution in [3.05, 3.63) is 40.3 Å². The Labute approximate surface area is 104 Å². The molecule has 0 spiro atoms. The first-order chi connectivity index (χ1) is 8.28. The lowest BCUT2D eigenvalue weighted by Gasteiger charge is -2.01. The fourth-order valence-corrected chi connectivity index (χ4v) is 2.21. The molecule has 0 fully saturated rings. The molecule has 0 unspecified atom stereocenters. The van der Waals surface area contributed by atoms with Crippen LogP contribution in [0.15, 0.2) is 29.9 Å². The van der Waals surface area contributed by atoms with Crippen molar-refractivity contribution in [1.29, 1.82) is 0 Å². The van der Waals surface area contributed by atoms with Crippen LogP contribution in [0.5, 0.6) is 0 Å². The second-order valence-electron chi connectivity index (χ2n) is 3.74. The first-order valence-corrected chi connectivity index (χ1v) is 6.46. The first kappa shape index (κ1) is 11.9. The van der Waals surface area contributed by atoms with Crippen LogP contribution >= 0.6 is 11.3 Å². The second-order valence-corrected chi connectivity index (χ2v) is 4.77. The number of hydrogen-bond donors (Lipinski definition) is 1. The van der Waals surface area contributed by atoms with Crippen LogP contribution in [-0.4, -0.2) is 15.7 Å². The van der Waals surface area contributed by atoms with Gasteiger partial charge in [-0.05, 0) is 18.4 Å². The van der Waals surface area contributed by atoms with Gasteiger partial charge in [0.15, 0.2) is 0 Å². The standard InChI is InChI=1S/C12H15N3OS/c1-2-15-9-10(8-14-15)7-13-12(16)6-11-4-3-5-17-11/h3-5,8-9H,2,6-7H2,1H3,(H,13,16). The predicted molar refractivity (Wildman–Crippen MR) is 67.8 cm³/mol. The van der Waals surface area contributed by atoms with Crippen LogP contribution in [0, 0.1) is 0 Å². The molecular formula is C12H15N3OS. The maximum atomic E-state index is 11.6. The molecule has 2 aromatic heterocycles. The second kappa shape index (κ2) is 5.63. The molecule has 0 aliphatic rings. The number of nitrogens with zero attached hydrogens (tertiary/aromatic N) is 2. The molecule has 0 radical (unpaired) electrons. The molecule has 1 N–H and O–H groups in total. The summed E-state index contributed by atoms with van der Waals surface area (Å²) >= 11 is 1.60. The zero-order valence-corrected chi connectivity index (χ0v) is 10.5. The Morgan fingerprint density at radius 2 is 2.47 bits per heavy atom. The van der Waals surface area contributed by atoms with E-state index in [0.717, 1.165) is 17.0 Å². The fourth-order valence-electron chi connectivity index (χ4n) is 1.51. The van der Waals surface area contributed by atoms with Crippen molar-refractivity contribution in [2.24, 2.45) is 0 Å². The van der Waals surface area contributed by atoms with Crippen molar-refractivity contribution < 1.29 is 4.79 Å². The SMILES string of the molecule is CCn1cc(CNC(=O)Cc2cccs2)cn1. The van der Waals surface area contributed by atoms with Crippen LogP contribution < -0.4 is 5.32 Å². The Hall–Kier alpha value is -1.62. The molecule has 0 atom stereocenters. The number of thiophene rings is 1. The number of carbonyl (C=O) groups excluding carboxylic acids is 1. The predicted octanol–water partition coefficient (Wildman–Crippen LogP) is 1.82. The van der Waals surface area contributed by atoms with E-state index in [1.54, 1.807) is 17.5 Å².